The first kappa shape index (κ1) is 13.6. The number of amides is 1. The molecule has 0 aromatic heterocycles. The highest BCUT2D eigenvalue weighted by Crippen LogP contribution is 2.08. The van der Waals surface area contributed by atoms with Crippen LogP contribution < -0.4 is 5.73 Å². The van der Waals surface area contributed by atoms with Gasteiger partial charge in [0.1, 0.15) is 5.82 Å². The van der Waals surface area contributed by atoms with Gasteiger partial charge < -0.3 is 10.6 Å². The molecule has 0 spiro atoms. The van der Waals surface area contributed by atoms with Crippen molar-refractivity contribution in [2.45, 2.75) is 25.8 Å². The number of nitrogens with two attached hydrogens (primary N) is 1. The monoisotopic (exact) mass is 238 g/mol. The zero-order chi connectivity index (χ0) is 12.8. The molecule has 1 rings (SSSR count). The maximum absolute atomic E-state index is 13.0. The van der Waals surface area contributed by atoms with Crippen molar-refractivity contribution in [1.82, 2.24) is 4.90 Å². The van der Waals surface area contributed by atoms with Gasteiger partial charge in [-0.25, -0.2) is 4.39 Å². The Morgan fingerprint density at radius 3 is 2.82 bits per heavy atom. The van der Waals surface area contributed by atoms with Gasteiger partial charge in [-0.05, 0) is 37.6 Å². The molecule has 1 atom stereocenters. The standard InChI is InChI=1S/C13H19FN2O/c1-10(6-7-15)16(2)13(17)9-11-4-3-5-12(14)8-11/h3-5,8,10H,6-7,9,15H2,1-2H3. The number of hydrogen-bond donors (Lipinski definition) is 1. The first-order valence-electron chi connectivity index (χ1n) is 5.74. The van der Waals surface area contributed by atoms with E-state index in [4.69, 9.17) is 5.73 Å². The highest BCUT2D eigenvalue weighted by atomic mass is 19.1. The van der Waals surface area contributed by atoms with E-state index in [0.717, 1.165) is 6.42 Å². The molecule has 2 N–H and O–H groups in total. The summed E-state index contributed by atoms with van der Waals surface area (Å²) in [6.45, 7) is 2.51. The Bertz CT molecular complexity index is 381. The molecular weight excluding hydrogens is 219 g/mol. The van der Waals surface area contributed by atoms with E-state index in [9.17, 15) is 9.18 Å². The summed E-state index contributed by atoms with van der Waals surface area (Å²) >= 11 is 0. The smallest absolute Gasteiger partial charge is 0.226 e. The molecule has 0 radical (unpaired) electrons. The molecule has 0 bridgehead atoms. The van der Waals surface area contributed by atoms with Crippen molar-refractivity contribution in [2.24, 2.45) is 5.73 Å². The van der Waals surface area contributed by atoms with E-state index >= 15 is 0 Å². The Morgan fingerprint density at radius 1 is 1.53 bits per heavy atom. The number of carbonyl (C=O) groups excluding carboxylic acids is 1. The maximum atomic E-state index is 13.0. The van der Waals surface area contributed by atoms with E-state index in [1.807, 2.05) is 6.92 Å². The lowest BCUT2D eigenvalue weighted by molar-refractivity contribution is -0.131. The van der Waals surface area contributed by atoms with E-state index < -0.39 is 0 Å². The molecule has 0 aliphatic carbocycles. The van der Waals surface area contributed by atoms with Crippen LogP contribution in [0.15, 0.2) is 24.3 Å². The van der Waals surface area contributed by atoms with Crippen molar-refractivity contribution in [3.05, 3.63) is 35.6 Å². The number of halogens is 1. The van der Waals surface area contributed by atoms with Crippen LogP contribution in [0.1, 0.15) is 18.9 Å². The van der Waals surface area contributed by atoms with E-state index in [-0.39, 0.29) is 24.2 Å². The predicted octanol–water partition coefficient (Wildman–Crippen LogP) is 1.56. The Morgan fingerprint density at radius 2 is 2.24 bits per heavy atom. The fourth-order valence-corrected chi connectivity index (χ4v) is 1.63. The summed E-state index contributed by atoms with van der Waals surface area (Å²) in [5, 5.41) is 0. The minimum atomic E-state index is -0.312. The van der Waals surface area contributed by atoms with Crippen LogP contribution in [0.5, 0.6) is 0 Å². The van der Waals surface area contributed by atoms with Crippen molar-refractivity contribution >= 4 is 5.91 Å². The molecule has 0 fully saturated rings. The third-order valence-electron chi connectivity index (χ3n) is 2.88. The number of carbonyl (C=O) groups is 1. The normalized spacial score (nSPS) is 12.2. The Kier molecular flexibility index (Phi) is 5.10. The van der Waals surface area contributed by atoms with Crippen molar-refractivity contribution < 1.29 is 9.18 Å². The van der Waals surface area contributed by atoms with Crippen LogP contribution in [0, 0.1) is 5.82 Å². The van der Waals surface area contributed by atoms with Crippen LogP contribution in [0.4, 0.5) is 4.39 Å². The average molecular weight is 238 g/mol. The van der Waals surface area contributed by atoms with Gasteiger partial charge in [-0.2, -0.15) is 0 Å². The van der Waals surface area contributed by atoms with Gasteiger partial charge in [0.25, 0.3) is 0 Å². The van der Waals surface area contributed by atoms with Crippen LogP contribution in [-0.4, -0.2) is 30.4 Å². The molecule has 0 aliphatic rings. The second-order valence-electron chi connectivity index (χ2n) is 4.24. The molecule has 1 amide bonds. The maximum Gasteiger partial charge on any atom is 0.226 e. The number of benzene rings is 1. The third-order valence-corrected chi connectivity index (χ3v) is 2.88. The predicted molar refractivity (Wildman–Crippen MR) is 66.0 cm³/mol. The third kappa shape index (κ3) is 4.15. The molecule has 94 valence electrons. The second-order valence-corrected chi connectivity index (χ2v) is 4.24. The number of nitrogens with zero attached hydrogens (tertiary/aromatic N) is 1. The van der Waals surface area contributed by atoms with Crippen molar-refractivity contribution in [3.8, 4) is 0 Å². The molecule has 1 aromatic rings. The van der Waals surface area contributed by atoms with Crippen LogP contribution >= 0.6 is 0 Å². The molecule has 1 aromatic carbocycles. The van der Waals surface area contributed by atoms with Crippen molar-refractivity contribution in [1.29, 1.82) is 0 Å². The summed E-state index contributed by atoms with van der Waals surface area (Å²) in [7, 11) is 1.75. The summed E-state index contributed by atoms with van der Waals surface area (Å²) < 4.78 is 13.0. The summed E-state index contributed by atoms with van der Waals surface area (Å²) in [5.41, 5.74) is 6.15. The van der Waals surface area contributed by atoms with E-state index in [2.05, 4.69) is 0 Å². The van der Waals surface area contributed by atoms with Gasteiger partial charge >= 0.3 is 0 Å². The fraction of sp³-hybridized carbons (Fsp3) is 0.462. The SMILES string of the molecule is CC(CCN)N(C)C(=O)Cc1cccc(F)c1. The molecule has 17 heavy (non-hydrogen) atoms. The zero-order valence-electron chi connectivity index (χ0n) is 10.3. The zero-order valence-corrected chi connectivity index (χ0v) is 10.3. The van der Waals surface area contributed by atoms with Crippen molar-refractivity contribution in [2.75, 3.05) is 13.6 Å². The molecule has 0 heterocycles. The molecule has 0 saturated carbocycles. The lowest BCUT2D eigenvalue weighted by Gasteiger charge is -2.24. The molecule has 0 aliphatic heterocycles. The average Bonchev–Trinajstić information content (AvgIpc) is 2.28. The number of likely N-dealkylation sites (N-methyl/N-ethyl adjacent to an activating group) is 1. The van der Waals surface area contributed by atoms with Crippen LogP contribution in [0.25, 0.3) is 0 Å². The van der Waals surface area contributed by atoms with Gasteiger partial charge in [0.05, 0.1) is 6.42 Å². The molecular formula is C13H19FN2O. The Balaban J connectivity index is 2.60. The first-order valence-corrected chi connectivity index (χ1v) is 5.74. The Labute approximate surface area is 101 Å². The highest BCUT2D eigenvalue weighted by Gasteiger charge is 2.15. The summed E-state index contributed by atoms with van der Waals surface area (Å²) in [4.78, 5) is 13.6. The lowest BCUT2D eigenvalue weighted by atomic mass is 10.1. The molecule has 1 unspecified atom stereocenters. The van der Waals surface area contributed by atoms with Crippen LogP contribution in [-0.2, 0) is 11.2 Å². The summed E-state index contributed by atoms with van der Waals surface area (Å²) in [6, 6.07) is 6.23. The van der Waals surface area contributed by atoms with Gasteiger partial charge in [-0.1, -0.05) is 12.1 Å². The van der Waals surface area contributed by atoms with Crippen molar-refractivity contribution in [3.63, 3.8) is 0 Å². The van der Waals surface area contributed by atoms with Gasteiger partial charge in [-0.3, -0.25) is 4.79 Å². The van der Waals surface area contributed by atoms with Gasteiger partial charge in [0.2, 0.25) is 5.91 Å². The minimum Gasteiger partial charge on any atom is -0.343 e. The first-order chi connectivity index (χ1) is 8.04. The molecule has 4 heteroatoms. The van der Waals surface area contributed by atoms with E-state index in [1.54, 1.807) is 24.1 Å². The topological polar surface area (TPSA) is 46.3 Å². The summed E-state index contributed by atoms with van der Waals surface area (Å²) in [6.07, 6.45) is 0.995. The largest absolute Gasteiger partial charge is 0.343 e. The van der Waals surface area contributed by atoms with Gasteiger partial charge in [0.15, 0.2) is 0 Å². The quantitative estimate of drug-likeness (QED) is 0.846. The summed E-state index contributed by atoms with van der Waals surface area (Å²) in [5.74, 6) is -0.329. The van der Waals surface area contributed by atoms with Gasteiger partial charge in [0, 0.05) is 13.1 Å². The number of rotatable bonds is 5. The minimum absolute atomic E-state index is 0.0171. The fourth-order valence-electron chi connectivity index (χ4n) is 1.63. The number of hydrogen-bond acceptors (Lipinski definition) is 2. The second kappa shape index (κ2) is 6.35. The lowest BCUT2D eigenvalue weighted by Crippen LogP contribution is -2.37. The van der Waals surface area contributed by atoms with Crippen LogP contribution in [0.2, 0.25) is 0 Å². The molecule has 0 saturated heterocycles. The molecule has 3 nitrogen and oxygen atoms in total. The van der Waals surface area contributed by atoms with E-state index in [0.29, 0.717) is 12.1 Å². The Hall–Kier alpha value is -1.42. The van der Waals surface area contributed by atoms with Gasteiger partial charge in [-0.15, -0.1) is 0 Å². The van der Waals surface area contributed by atoms with E-state index in [1.165, 1.54) is 12.1 Å². The highest BCUT2D eigenvalue weighted by molar-refractivity contribution is 5.78. The van der Waals surface area contributed by atoms with Crippen LogP contribution in [0.3, 0.4) is 0 Å².